The minimum absolute atomic E-state index is 0.0125. The van der Waals surface area contributed by atoms with E-state index in [9.17, 15) is 18.0 Å². The SMILES string of the molecule is O=C(NC1CCCCC1)[C@@H](Cc1ccccc1)N(Cc1c(Cl)cccc1Cl)C(=O)CN(c1ccccc1)S(=O)(=O)c1ccc(Cl)cc1. The van der Waals surface area contributed by atoms with Crippen LogP contribution >= 0.6 is 34.8 Å². The molecule has 4 aromatic rings. The first-order valence-corrected chi connectivity index (χ1v) is 18.1. The highest BCUT2D eigenvalue weighted by Crippen LogP contribution is 2.29. The minimum Gasteiger partial charge on any atom is -0.352 e. The number of rotatable bonds is 12. The number of para-hydroxylation sites is 1. The van der Waals surface area contributed by atoms with Gasteiger partial charge >= 0.3 is 0 Å². The average molecular weight is 713 g/mol. The molecule has 0 spiro atoms. The Labute approximate surface area is 291 Å². The fraction of sp³-hybridized carbons (Fsp3) is 0.278. The highest BCUT2D eigenvalue weighted by molar-refractivity contribution is 7.92. The number of sulfonamides is 1. The molecule has 1 atom stereocenters. The number of carbonyl (C=O) groups is 2. The summed E-state index contributed by atoms with van der Waals surface area (Å²) in [6, 6.07) is 27.6. The van der Waals surface area contributed by atoms with Gasteiger partial charge in [0.2, 0.25) is 11.8 Å². The third kappa shape index (κ3) is 8.87. The van der Waals surface area contributed by atoms with E-state index in [1.165, 1.54) is 29.2 Å². The fourth-order valence-electron chi connectivity index (χ4n) is 5.81. The number of halogens is 3. The summed E-state index contributed by atoms with van der Waals surface area (Å²) in [4.78, 5) is 30.2. The fourth-order valence-corrected chi connectivity index (χ4v) is 7.87. The van der Waals surface area contributed by atoms with E-state index >= 15 is 0 Å². The van der Waals surface area contributed by atoms with Gasteiger partial charge in [-0.2, -0.15) is 0 Å². The maximum Gasteiger partial charge on any atom is 0.264 e. The Kier molecular flexibility index (Phi) is 11.9. The van der Waals surface area contributed by atoms with E-state index in [-0.39, 0.29) is 35.5 Å². The number of amides is 2. The Balaban J connectivity index is 1.58. The van der Waals surface area contributed by atoms with Crippen LogP contribution in [0.15, 0.2) is 108 Å². The van der Waals surface area contributed by atoms with Gasteiger partial charge in [-0.1, -0.05) is 109 Å². The second-order valence-corrected chi connectivity index (χ2v) is 14.7. The predicted octanol–water partition coefficient (Wildman–Crippen LogP) is 7.93. The van der Waals surface area contributed by atoms with E-state index in [0.717, 1.165) is 42.0 Å². The molecule has 246 valence electrons. The van der Waals surface area contributed by atoms with Gasteiger partial charge in [0.1, 0.15) is 12.6 Å². The molecule has 4 aromatic carbocycles. The lowest BCUT2D eigenvalue weighted by Crippen LogP contribution is -2.55. The van der Waals surface area contributed by atoms with E-state index < -0.39 is 28.5 Å². The number of anilines is 1. The van der Waals surface area contributed by atoms with Crippen LogP contribution in [0.3, 0.4) is 0 Å². The van der Waals surface area contributed by atoms with Crippen molar-refractivity contribution in [3.63, 3.8) is 0 Å². The molecule has 0 heterocycles. The monoisotopic (exact) mass is 711 g/mol. The van der Waals surface area contributed by atoms with Gasteiger partial charge in [-0.15, -0.1) is 0 Å². The topological polar surface area (TPSA) is 86.8 Å². The van der Waals surface area contributed by atoms with Crippen molar-refractivity contribution < 1.29 is 18.0 Å². The average Bonchev–Trinajstić information content (AvgIpc) is 3.07. The van der Waals surface area contributed by atoms with Crippen molar-refractivity contribution in [3.05, 3.63) is 129 Å². The Morgan fingerprint density at radius 3 is 1.98 bits per heavy atom. The molecule has 2 amide bonds. The molecule has 1 aliphatic rings. The summed E-state index contributed by atoms with van der Waals surface area (Å²) in [5.74, 6) is -0.911. The molecule has 0 radical (unpaired) electrons. The zero-order valence-electron chi connectivity index (χ0n) is 25.7. The van der Waals surface area contributed by atoms with Gasteiger partial charge in [-0.05, 0) is 66.9 Å². The standard InChI is InChI=1S/C36H36Cl3N3O4S/c37-27-19-21-30(22-20-27)47(45,46)42(29-15-8-3-9-16-29)25-35(43)41(24-31-32(38)17-10-18-33(31)39)34(23-26-11-4-1-5-12-26)36(44)40-28-13-6-2-7-14-28/h1,3-5,8-12,15-22,28,34H,2,6-7,13-14,23-25H2,(H,40,44)/t34-/m1/s1. The molecular weight excluding hydrogens is 677 g/mol. The molecule has 11 heteroatoms. The molecule has 0 aliphatic heterocycles. The van der Waals surface area contributed by atoms with Crippen molar-refractivity contribution in [2.45, 2.75) is 62.0 Å². The second kappa shape index (κ2) is 16.0. The summed E-state index contributed by atoms with van der Waals surface area (Å²) in [6.07, 6.45) is 5.06. The lowest BCUT2D eigenvalue weighted by molar-refractivity contribution is -0.140. The van der Waals surface area contributed by atoms with Gasteiger partial charge in [0.05, 0.1) is 10.6 Å². The summed E-state index contributed by atoms with van der Waals surface area (Å²) in [5.41, 5.74) is 1.59. The molecule has 0 aromatic heterocycles. The van der Waals surface area contributed by atoms with E-state index in [1.54, 1.807) is 48.5 Å². The molecule has 1 aliphatic carbocycles. The first-order valence-electron chi connectivity index (χ1n) is 15.5. The van der Waals surface area contributed by atoms with Gasteiger partial charge < -0.3 is 10.2 Å². The van der Waals surface area contributed by atoms with E-state index in [2.05, 4.69) is 5.32 Å². The molecule has 47 heavy (non-hydrogen) atoms. The lowest BCUT2D eigenvalue weighted by Gasteiger charge is -2.35. The van der Waals surface area contributed by atoms with Crippen LogP contribution in [0.1, 0.15) is 43.2 Å². The summed E-state index contributed by atoms with van der Waals surface area (Å²) in [7, 11) is -4.24. The van der Waals surface area contributed by atoms with Crippen LogP contribution in [0, 0.1) is 0 Å². The number of hydrogen-bond donors (Lipinski definition) is 1. The van der Waals surface area contributed by atoms with Crippen LogP contribution < -0.4 is 9.62 Å². The summed E-state index contributed by atoms with van der Waals surface area (Å²) in [5, 5.41) is 4.23. The van der Waals surface area contributed by atoms with Crippen molar-refractivity contribution in [2.24, 2.45) is 0 Å². The molecule has 1 fully saturated rings. The van der Waals surface area contributed by atoms with E-state index in [4.69, 9.17) is 34.8 Å². The smallest absolute Gasteiger partial charge is 0.264 e. The molecule has 1 N–H and O–H groups in total. The summed E-state index contributed by atoms with van der Waals surface area (Å²) in [6.45, 7) is -0.699. The van der Waals surface area contributed by atoms with Crippen LogP contribution in [-0.2, 0) is 32.6 Å². The Morgan fingerprint density at radius 2 is 1.36 bits per heavy atom. The number of nitrogens with zero attached hydrogens (tertiary/aromatic N) is 2. The van der Waals surface area contributed by atoms with Gasteiger partial charge in [-0.3, -0.25) is 13.9 Å². The van der Waals surface area contributed by atoms with Gasteiger partial charge in [0, 0.05) is 39.6 Å². The van der Waals surface area contributed by atoms with Crippen molar-refractivity contribution in [1.82, 2.24) is 10.2 Å². The molecule has 0 bridgehead atoms. The Bertz CT molecular complexity index is 1750. The Hall–Kier alpha value is -3.56. The Morgan fingerprint density at radius 1 is 0.766 bits per heavy atom. The second-order valence-electron chi connectivity index (χ2n) is 11.6. The first kappa shape index (κ1) is 34.8. The number of benzene rings is 4. The van der Waals surface area contributed by atoms with Crippen LogP contribution in [-0.4, -0.2) is 43.8 Å². The van der Waals surface area contributed by atoms with Gasteiger partial charge in [0.15, 0.2) is 0 Å². The highest BCUT2D eigenvalue weighted by atomic mass is 35.5. The van der Waals surface area contributed by atoms with Crippen molar-refractivity contribution in [2.75, 3.05) is 10.8 Å². The van der Waals surface area contributed by atoms with E-state index in [1.807, 2.05) is 30.3 Å². The zero-order chi connectivity index (χ0) is 33.4. The normalized spacial score (nSPS) is 14.3. The summed E-state index contributed by atoms with van der Waals surface area (Å²) >= 11 is 19.3. The quantitative estimate of drug-likeness (QED) is 0.162. The molecule has 5 rings (SSSR count). The van der Waals surface area contributed by atoms with Crippen LogP contribution in [0.2, 0.25) is 15.1 Å². The van der Waals surface area contributed by atoms with Crippen LogP contribution in [0.5, 0.6) is 0 Å². The zero-order valence-corrected chi connectivity index (χ0v) is 28.8. The van der Waals surface area contributed by atoms with Crippen LogP contribution in [0.25, 0.3) is 0 Å². The molecule has 0 unspecified atom stereocenters. The number of nitrogens with one attached hydrogen (secondary N) is 1. The summed E-state index contributed by atoms with van der Waals surface area (Å²) < 4.78 is 29.3. The van der Waals surface area contributed by atoms with Crippen LogP contribution in [0.4, 0.5) is 5.69 Å². The molecule has 1 saturated carbocycles. The lowest BCUT2D eigenvalue weighted by atomic mass is 9.94. The number of hydrogen-bond acceptors (Lipinski definition) is 4. The molecular formula is C36H36Cl3N3O4S. The molecule has 0 saturated heterocycles. The minimum atomic E-state index is -4.24. The van der Waals surface area contributed by atoms with Gasteiger partial charge in [0.25, 0.3) is 10.0 Å². The van der Waals surface area contributed by atoms with Crippen molar-refractivity contribution >= 4 is 62.3 Å². The van der Waals surface area contributed by atoms with Crippen molar-refractivity contribution in [1.29, 1.82) is 0 Å². The van der Waals surface area contributed by atoms with Crippen molar-refractivity contribution in [3.8, 4) is 0 Å². The third-order valence-electron chi connectivity index (χ3n) is 8.34. The third-order valence-corrected chi connectivity index (χ3v) is 11.1. The number of carbonyl (C=O) groups excluding carboxylic acids is 2. The first-order chi connectivity index (χ1) is 22.6. The predicted molar refractivity (Wildman–Crippen MR) is 188 cm³/mol. The van der Waals surface area contributed by atoms with Gasteiger partial charge in [-0.25, -0.2) is 8.42 Å². The molecule has 7 nitrogen and oxygen atoms in total. The maximum absolute atomic E-state index is 14.6. The highest BCUT2D eigenvalue weighted by Gasteiger charge is 2.36. The maximum atomic E-state index is 14.6. The van der Waals surface area contributed by atoms with E-state index in [0.29, 0.717) is 20.6 Å². The largest absolute Gasteiger partial charge is 0.352 e.